The summed E-state index contributed by atoms with van der Waals surface area (Å²) in [5.41, 5.74) is 1.23. The Kier molecular flexibility index (Phi) is 9.18. The van der Waals surface area contributed by atoms with Crippen molar-refractivity contribution in [1.29, 1.82) is 0 Å². The zero-order valence-electron chi connectivity index (χ0n) is 21.9. The number of benzene rings is 3. The number of aliphatic hydroxyl groups excluding tert-OH is 1. The van der Waals surface area contributed by atoms with Gasteiger partial charge in [-0.05, 0) is 42.3 Å². The number of amides is 3. The second-order valence-corrected chi connectivity index (χ2v) is 10.2. The van der Waals surface area contributed by atoms with E-state index in [1.54, 1.807) is 11.8 Å². The molecule has 2 saturated heterocycles. The van der Waals surface area contributed by atoms with Gasteiger partial charge in [-0.2, -0.15) is 0 Å². The number of hydrogen-bond acceptors (Lipinski definition) is 5. The highest BCUT2D eigenvalue weighted by molar-refractivity contribution is 6.30. The van der Waals surface area contributed by atoms with Gasteiger partial charge in [-0.15, -0.1) is 12.4 Å². The Morgan fingerprint density at radius 2 is 1.36 bits per heavy atom. The van der Waals surface area contributed by atoms with Crippen LogP contribution in [-0.2, 0) is 10.3 Å². The van der Waals surface area contributed by atoms with Gasteiger partial charge >= 0.3 is 6.03 Å². The summed E-state index contributed by atoms with van der Waals surface area (Å²) in [7, 11) is 0. The van der Waals surface area contributed by atoms with E-state index >= 15 is 0 Å². The number of halogens is 2. The SMILES string of the molecule is CCN1C(=O)N(CC(O)CN2CCN(c3ccc(Cl)cc3)CC2)C(c2ccccc2)(c2ccccc2)C1=O.Cl. The normalized spacial score (nSPS) is 18.3. The molecular weight excluding hydrogens is 535 g/mol. The molecule has 9 heteroatoms. The number of anilines is 1. The van der Waals surface area contributed by atoms with Gasteiger partial charge in [-0.3, -0.25) is 19.5 Å². The number of aliphatic hydroxyl groups is 1. The Balaban J connectivity index is 0.00000353. The van der Waals surface area contributed by atoms with Crippen LogP contribution in [0, 0.1) is 0 Å². The Morgan fingerprint density at radius 3 is 1.87 bits per heavy atom. The number of likely N-dealkylation sites (N-methyl/N-ethyl adjacent to an activating group) is 1. The van der Waals surface area contributed by atoms with Gasteiger partial charge in [-0.1, -0.05) is 72.3 Å². The van der Waals surface area contributed by atoms with Crippen LogP contribution in [0.5, 0.6) is 0 Å². The largest absolute Gasteiger partial charge is 0.390 e. The van der Waals surface area contributed by atoms with Crippen LogP contribution in [0.4, 0.5) is 10.5 Å². The fraction of sp³-hybridized carbons (Fsp3) is 0.333. The van der Waals surface area contributed by atoms with Gasteiger partial charge in [0.1, 0.15) is 0 Å². The Morgan fingerprint density at radius 1 is 0.821 bits per heavy atom. The molecule has 0 saturated carbocycles. The summed E-state index contributed by atoms with van der Waals surface area (Å²) in [5, 5.41) is 12.0. The van der Waals surface area contributed by atoms with Crippen molar-refractivity contribution in [3.05, 3.63) is 101 Å². The van der Waals surface area contributed by atoms with Crippen molar-refractivity contribution in [3.8, 4) is 0 Å². The minimum atomic E-state index is -1.33. The van der Waals surface area contributed by atoms with Gasteiger partial charge in [0.2, 0.25) is 0 Å². The molecule has 1 unspecified atom stereocenters. The molecule has 206 valence electrons. The lowest BCUT2D eigenvalue weighted by Crippen LogP contribution is -2.53. The number of nitrogens with zero attached hydrogens (tertiary/aromatic N) is 4. The molecule has 0 aromatic heterocycles. The van der Waals surface area contributed by atoms with Crippen molar-refractivity contribution < 1.29 is 14.7 Å². The fourth-order valence-corrected chi connectivity index (χ4v) is 5.80. The van der Waals surface area contributed by atoms with Crippen LogP contribution in [0.2, 0.25) is 5.02 Å². The third kappa shape index (κ3) is 5.50. The van der Waals surface area contributed by atoms with Crippen LogP contribution in [0.15, 0.2) is 84.9 Å². The van der Waals surface area contributed by atoms with Crippen molar-refractivity contribution in [1.82, 2.24) is 14.7 Å². The molecule has 2 heterocycles. The smallest absolute Gasteiger partial charge is 0.328 e. The lowest BCUT2D eigenvalue weighted by atomic mass is 9.81. The molecule has 2 aliphatic heterocycles. The van der Waals surface area contributed by atoms with Crippen LogP contribution in [-0.4, -0.2) is 83.7 Å². The van der Waals surface area contributed by atoms with E-state index < -0.39 is 11.6 Å². The quantitative estimate of drug-likeness (QED) is 0.406. The molecular formula is C30H34Cl2N4O3. The fourth-order valence-electron chi connectivity index (χ4n) is 5.67. The topological polar surface area (TPSA) is 67.3 Å². The molecule has 2 aliphatic rings. The maximum absolute atomic E-state index is 14.0. The highest BCUT2D eigenvalue weighted by Gasteiger charge is 2.59. The first kappa shape index (κ1) is 28.9. The second kappa shape index (κ2) is 12.4. The summed E-state index contributed by atoms with van der Waals surface area (Å²) >= 11 is 6.03. The molecule has 7 nitrogen and oxygen atoms in total. The highest BCUT2D eigenvalue weighted by atomic mass is 35.5. The van der Waals surface area contributed by atoms with Crippen LogP contribution in [0.1, 0.15) is 18.1 Å². The molecule has 0 radical (unpaired) electrons. The number of β-amino-alcohol motifs (C(OH)–C–C–N with tert-alkyl or cyclic N) is 1. The van der Waals surface area contributed by atoms with Gasteiger partial charge in [0.15, 0.2) is 5.54 Å². The zero-order chi connectivity index (χ0) is 26.7. The molecule has 3 amide bonds. The highest BCUT2D eigenvalue weighted by Crippen LogP contribution is 2.43. The summed E-state index contributed by atoms with van der Waals surface area (Å²) in [6, 6.07) is 26.3. The Bertz CT molecular complexity index is 1210. The van der Waals surface area contributed by atoms with Gasteiger partial charge in [-0.25, -0.2) is 4.79 Å². The minimum Gasteiger partial charge on any atom is -0.390 e. The first-order valence-corrected chi connectivity index (χ1v) is 13.5. The predicted octanol–water partition coefficient (Wildman–Crippen LogP) is 4.47. The third-order valence-electron chi connectivity index (χ3n) is 7.55. The summed E-state index contributed by atoms with van der Waals surface area (Å²) in [6.45, 7) is 5.76. The first-order valence-electron chi connectivity index (χ1n) is 13.1. The van der Waals surface area contributed by atoms with E-state index in [4.69, 9.17) is 11.6 Å². The lowest BCUT2D eigenvalue weighted by molar-refractivity contribution is -0.132. The van der Waals surface area contributed by atoms with Crippen LogP contribution < -0.4 is 4.90 Å². The number of carbonyl (C=O) groups excluding carboxylic acids is 2. The van der Waals surface area contributed by atoms with E-state index in [1.807, 2.05) is 84.9 Å². The summed E-state index contributed by atoms with van der Waals surface area (Å²) in [6.07, 6.45) is -0.822. The number of hydrogen-bond donors (Lipinski definition) is 1. The molecule has 3 aromatic rings. The van der Waals surface area contributed by atoms with E-state index in [2.05, 4.69) is 9.80 Å². The molecule has 1 N–H and O–H groups in total. The molecule has 39 heavy (non-hydrogen) atoms. The van der Waals surface area contributed by atoms with Gasteiger partial charge < -0.3 is 10.0 Å². The molecule has 3 aromatic carbocycles. The number of rotatable bonds is 8. The van der Waals surface area contributed by atoms with E-state index in [0.29, 0.717) is 22.7 Å². The average Bonchev–Trinajstić information content (AvgIpc) is 3.16. The van der Waals surface area contributed by atoms with Crippen LogP contribution in [0.25, 0.3) is 0 Å². The van der Waals surface area contributed by atoms with E-state index in [0.717, 1.165) is 31.9 Å². The summed E-state index contributed by atoms with van der Waals surface area (Å²) in [5.74, 6) is -0.286. The van der Waals surface area contributed by atoms with Crippen molar-refractivity contribution in [2.24, 2.45) is 0 Å². The van der Waals surface area contributed by atoms with Crippen molar-refractivity contribution in [2.75, 3.05) is 50.7 Å². The summed E-state index contributed by atoms with van der Waals surface area (Å²) in [4.78, 5) is 35.0. The number of carbonyl (C=O) groups is 2. The first-order chi connectivity index (χ1) is 18.4. The Hall–Kier alpha value is -3.10. The van der Waals surface area contributed by atoms with Gasteiger partial charge in [0, 0.05) is 50.0 Å². The van der Waals surface area contributed by atoms with E-state index in [-0.39, 0.29) is 37.4 Å². The molecule has 0 spiro atoms. The third-order valence-corrected chi connectivity index (χ3v) is 7.80. The Labute approximate surface area is 241 Å². The van der Waals surface area contributed by atoms with Crippen LogP contribution in [0.3, 0.4) is 0 Å². The van der Waals surface area contributed by atoms with Gasteiger partial charge in [0.25, 0.3) is 5.91 Å². The molecule has 1 atom stereocenters. The van der Waals surface area contributed by atoms with E-state index in [9.17, 15) is 14.7 Å². The lowest BCUT2D eigenvalue weighted by Gasteiger charge is -2.39. The number of urea groups is 1. The van der Waals surface area contributed by atoms with Crippen LogP contribution >= 0.6 is 24.0 Å². The van der Waals surface area contributed by atoms with Crippen molar-refractivity contribution in [2.45, 2.75) is 18.6 Å². The minimum absolute atomic E-state index is 0. The maximum Gasteiger partial charge on any atom is 0.328 e. The zero-order valence-corrected chi connectivity index (χ0v) is 23.5. The van der Waals surface area contributed by atoms with E-state index in [1.165, 1.54) is 4.90 Å². The van der Waals surface area contributed by atoms with Gasteiger partial charge in [0.05, 0.1) is 12.6 Å². The maximum atomic E-state index is 14.0. The molecule has 0 aliphatic carbocycles. The second-order valence-electron chi connectivity index (χ2n) is 9.80. The monoisotopic (exact) mass is 568 g/mol. The average molecular weight is 570 g/mol. The molecule has 5 rings (SSSR count). The predicted molar refractivity (Wildman–Crippen MR) is 157 cm³/mol. The number of imide groups is 1. The standard InChI is InChI=1S/C30H33ClN4O3.ClH/c1-2-34-28(37)30(23-9-5-3-6-10-23,24-11-7-4-8-12-24)35(29(34)38)22-27(36)21-32-17-19-33(20-18-32)26-15-13-25(31)14-16-26;/h3-16,27,36H,2,17-22H2,1H3;1H. The van der Waals surface area contributed by atoms with Crippen molar-refractivity contribution in [3.63, 3.8) is 0 Å². The van der Waals surface area contributed by atoms with Crippen molar-refractivity contribution >= 4 is 41.6 Å². The molecule has 0 bridgehead atoms. The molecule has 2 fully saturated rings. The summed E-state index contributed by atoms with van der Waals surface area (Å²) < 4.78 is 0. The number of piperazine rings is 1.